The molecular weight excluding hydrogens is 886 g/mol. The lowest BCUT2D eigenvalue weighted by atomic mass is 9.33. The Morgan fingerprint density at radius 1 is 0.457 bits per heavy atom. The summed E-state index contributed by atoms with van der Waals surface area (Å²) in [5, 5.41) is 5.28. The molecule has 2 unspecified atom stereocenters. The third-order valence-corrected chi connectivity index (χ3v) is 19.7. The van der Waals surface area contributed by atoms with Gasteiger partial charge >= 0.3 is 0 Å². The Kier molecular flexibility index (Phi) is 8.88. The van der Waals surface area contributed by atoms with Crippen LogP contribution in [-0.4, -0.2) is 12.3 Å². The van der Waals surface area contributed by atoms with Crippen LogP contribution in [0.2, 0.25) is 0 Å². The molecule has 0 amide bonds. The number of benzene rings is 8. The van der Waals surface area contributed by atoms with Gasteiger partial charge in [-0.1, -0.05) is 152 Å². The van der Waals surface area contributed by atoms with Crippen molar-refractivity contribution in [3.05, 3.63) is 174 Å². The van der Waals surface area contributed by atoms with E-state index >= 15 is 0 Å². The Balaban J connectivity index is 1.14. The highest BCUT2D eigenvalue weighted by Gasteiger charge is 2.58. The summed E-state index contributed by atoms with van der Waals surface area (Å²) in [6, 6.07) is 61.8. The van der Waals surface area contributed by atoms with Gasteiger partial charge in [0.15, 0.2) is 0 Å². The second-order valence-electron chi connectivity index (χ2n) is 23.2. The number of fused-ring (bicyclic) bond motifs is 13. The van der Waals surface area contributed by atoms with E-state index in [2.05, 4.69) is 228 Å². The van der Waals surface area contributed by atoms with Gasteiger partial charge in [-0.25, -0.2) is 0 Å². The number of para-hydroxylation sites is 1. The highest BCUT2D eigenvalue weighted by atomic mass is 32.1. The fourth-order valence-electron chi connectivity index (χ4n) is 13.4. The zero-order chi connectivity index (χ0) is 47.6. The van der Waals surface area contributed by atoms with E-state index in [1.807, 2.05) is 22.7 Å². The van der Waals surface area contributed by atoms with Crippen LogP contribution in [0.15, 0.2) is 158 Å². The topological polar surface area (TPSA) is 9.72 Å². The predicted molar refractivity (Wildman–Crippen MR) is 306 cm³/mol. The van der Waals surface area contributed by atoms with Crippen molar-refractivity contribution >= 4 is 132 Å². The molecule has 0 N–H and O–H groups in total. The molecule has 0 radical (unpaired) electrons. The lowest BCUT2D eigenvalue weighted by Gasteiger charge is -2.51. The normalized spacial score (nSPS) is 19.5. The molecule has 0 bridgehead atoms. The maximum atomic E-state index is 2.81. The summed E-state index contributed by atoms with van der Waals surface area (Å²) in [5.41, 5.74) is 18.2. The van der Waals surface area contributed by atoms with Crippen LogP contribution in [0.4, 0.5) is 45.5 Å². The average Bonchev–Trinajstić information content (AvgIpc) is 3.99. The van der Waals surface area contributed by atoms with Gasteiger partial charge in [0.1, 0.15) is 0 Å². The van der Waals surface area contributed by atoms with Gasteiger partial charge in [0, 0.05) is 80.9 Å². The monoisotopic (exact) mass is 943 g/mol. The lowest BCUT2D eigenvalue weighted by molar-refractivity contribution is 0.195. The molecule has 14 rings (SSSR count). The minimum atomic E-state index is -0.122. The van der Waals surface area contributed by atoms with Gasteiger partial charge in [-0.3, -0.25) is 0 Å². The summed E-state index contributed by atoms with van der Waals surface area (Å²) in [4.78, 5) is 8.18. The van der Waals surface area contributed by atoms with Crippen molar-refractivity contribution in [2.45, 2.75) is 103 Å². The van der Waals surface area contributed by atoms with Gasteiger partial charge < -0.3 is 14.7 Å². The van der Waals surface area contributed by atoms with Crippen LogP contribution in [0.5, 0.6) is 0 Å². The zero-order valence-corrected chi connectivity index (χ0v) is 43.2. The van der Waals surface area contributed by atoms with Gasteiger partial charge in [-0.2, -0.15) is 0 Å². The molecule has 2 aromatic heterocycles. The molecule has 4 aliphatic rings. The first-order valence-corrected chi connectivity index (χ1v) is 27.1. The van der Waals surface area contributed by atoms with Crippen molar-refractivity contribution in [1.82, 2.24) is 0 Å². The van der Waals surface area contributed by atoms with Crippen LogP contribution >= 0.6 is 22.7 Å². The minimum Gasteiger partial charge on any atom is -0.334 e. The van der Waals surface area contributed by atoms with Crippen LogP contribution in [0.1, 0.15) is 97.8 Å². The van der Waals surface area contributed by atoms with Crippen molar-refractivity contribution in [3.63, 3.8) is 0 Å². The fraction of sp³-hybridized carbons (Fsp3) is 0.250. The van der Waals surface area contributed by atoms with Gasteiger partial charge in [-0.05, 0) is 130 Å². The second-order valence-corrected chi connectivity index (χ2v) is 25.4. The molecule has 1 fully saturated rings. The SMILES string of the molecule is CC(C)(C)c1ccc2c(c1)N(c1ccc3sc4ccccc4c3c1)c1cc(N3c4ccccc4C4(C)CCCCC34C)cc3c1B2c1ccc(C(C)(C)C)cc1N3c1cccc2c1sc1ccccc12. The summed E-state index contributed by atoms with van der Waals surface area (Å²) in [6.45, 7) is 19.3. The van der Waals surface area contributed by atoms with Gasteiger partial charge in [0.05, 0.1) is 15.9 Å². The molecule has 344 valence electrons. The Bertz CT molecular complexity index is 3850. The number of nitrogens with zero attached hydrogens (tertiary/aromatic N) is 3. The molecule has 5 heterocycles. The average molecular weight is 944 g/mol. The van der Waals surface area contributed by atoms with Crippen LogP contribution in [0.3, 0.4) is 0 Å². The number of rotatable bonds is 3. The number of anilines is 8. The Morgan fingerprint density at radius 3 is 1.74 bits per heavy atom. The van der Waals surface area contributed by atoms with E-state index in [1.165, 1.54) is 138 Å². The van der Waals surface area contributed by atoms with Crippen molar-refractivity contribution in [2.24, 2.45) is 0 Å². The van der Waals surface area contributed by atoms with Gasteiger partial charge in [0.25, 0.3) is 6.71 Å². The van der Waals surface area contributed by atoms with Crippen LogP contribution < -0.4 is 31.1 Å². The second kappa shape index (κ2) is 14.6. The summed E-state index contributed by atoms with van der Waals surface area (Å²) >= 11 is 3.83. The molecule has 8 aromatic carbocycles. The zero-order valence-electron chi connectivity index (χ0n) is 41.6. The molecule has 3 aliphatic heterocycles. The van der Waals surface area contributed by atoms with Crippen molar-refractivity contribution in [2.75, 3.05) is 14.7 Å². The predicted octanol–water partition coefficient (Wildman–Crippen LogP) is 16.8. The van der Waals surface area contributed by atoms with Gasteiger partial charge in [-0.15, -0.1) is 22.7 Å². The number of hydrogen-bond donors (Lipinski definition) is 0. The standard InChI is InChI=1S/C64H58BN3S2/c1-61(2,3)39-26-29-48-52(34-39)66(41-28-31-58-46(36-41)44-19-10-13-24-56(44)69-58)54-37-42(68-50-22-12-11-21-47(50)63(7)32-15-16-33-64(63,68)8)38-55-59(54)65(48)49-30-27-40(62(4,5)6)35-53(49)67(55)51-23-17-20-45-43-18-9-14-25-57(43)70-60(45)51/h9-14,17-31,34-38H,15-16,32-33H2,1-8H3. The first-order valence-electron chi connectivity index (χ1n) is 25.5. The van der Waals surface area contributed by atoms with Gasteiger partial charge in [0.2, 0.25) is 0 Å². The molecular formula is C64H58BN3S2. The first-order chi connectivity index (χ1) is 33.7. The molecule has 3 nitrogen and oxygen atoms in total. The molecule has 6 heteroatoms. The summed E-state index contributed by atoms with van der Waals surface area (Å²) < 4.78 is 5.30. The van der Waals surface area contributed by atoms with Crippen molar-refractivity contribution < 1.29 is 0 Å². The Hall–Kier alpha value is -6.34. The minimum absolute atomic E-state index is 0.00696. The van der Waals surface area contributed by atoms with E-state index in [-0.39, 0.29) is 28.5 Å². The molecule has 70 heavy (non-hydrogen) atoms. The quantitative estimate of drug-likeness (QED) is 0.163. The maximum Gasteiger partial charge on any atom is 0.252 e. The Morgan fingerprint density at radius 2 is 1.03 bits per heavy atom. The van der Waals surface area contributed by atoms with Crippen LogP contribution in [0, 0.1) is 0 Å². The lowest BCUT2D eigenvalue weighted by Crippen LogP contribution is -2.61. The molecule has 2 atom stereocenters. The third kappa shape index (κ3) is 5.81. The smallest absolute Gasteiger partial charge is 0.252 e. The van der Waals surface area contributed by atoms with E-state index in [0.29, 0.717) is 0 Å². The van der Waals surface area contributed by atoms with E-state index in [4.69, 9.17) is 0 Å². The highest BCUT2D eigenvalue weighted by molar-refractivity contribution is 7.26. The van der Waals surface area contributed by atoms with E-state index < -0.39 is 0 Å². The molecule has 10 aromatic rings. The van der Waals surface area contributed by atoms with Crippen molar-refractivity contribution in [1.29, 1.82) is 0 Å². The first kappa shape index (κ1) is 42.5. The molecule has 1 saturated carbocycles. The molecule has 0 saturated heterocycles. The summed E-state index contributed by atoms with van der Waals surface area (Å²) in [7, 11) is 0. The highest BCUT2D eigenvalue weighted by Crippen LogP contribution is 2.62. The largest absolute Gasteiger partial charge is 0.334 e. The van der Waals surface area contributed by atoms with E-state index in [0.717, 1.165) is 6.42 Å². The van der Waals surface area contributed by atoms with Crippen molar-refractivity contribution in [3.8, 4) is 0 Å². The van der Waals surface area contributed by atoms with Crippen LogP contribution in [-0.2, 0) is 16.2 Å². The van der Waals surface area contributed by atoms with E-state index in [9.17, 15) is 0 Å². The summed E-state index contributed by atoms with van der Waals surface area (Å²) in [5.74, 6) is 0. The molecule has 0 spiro atoms. The van der Waals surface area contributed by atoms with E-state index in [1.54, 1.807) is 0 Å². The molecule has 1 aliphatic carbocycles. The maximum absolute atomic E-state index is 2.81. The summed E-state index contributed by atoms with van der Waals surface area (Å²) in [6.07, 6.45) is 4.80. The number of thiophene rings is 2. The van der Waals surface area contributed by atoms with Crippen LogP contribution in [0.25, 0.3) is 40.3 Å². The third-order valence-electron chi connectivity index (χ3n) is 17.3. The number of hydrogen-bond acceptors (Lipinski definition) is 5. The fourth-order valence-corrected chi connectivity index (χ4v) is 15.7. The Labute approximate surface area is 421 Å².